The fraction of sp³-hybridized carbons (Fsp3) is 0.292. The van der Waals surface area contributed by atoms with E-state index in [1.807, 2.05) is 60.7 Å². The first-order chi connectivity index (χ1) is 14.5. The monoisotopic (exact) mass is 403 g/mol. The van der Waals surface area contributed by atoms with Gasteiger partial charge in [-0.15, -0.1) is 0 Å². The SMILES string of the molecule is CN(C)CCCNc1nc(CN(C)C(=O)/C=C/c2ccccc2)nc2ccccc12. The number of fused-ring (bicyclic) bond motifs is 1. The summed E-state index contributed by atoms with van der Waals surface area (Å²) in [6, 6.07) is 17.7. The number of amides is 1. The lowest BCUT2D eigenvalue weighted by molar-refractivity contribution is -0.125. The Labute approximate surface area is 178 Å². The fourth-order valence-corrected chi connectivity index (χ4v) is 3.08. The number of carbonyl (C=O) groups excluding carboxylic acids is 1. The van der Waals surface area contributed by atoms with Gasteiger partial charge in [0.25, 0.3) is 0 Å². The molecule has 3 rings (SSSR count). The molecule has 30 heavy (non-hydrogen) atoms. The maximum atomic E-state index is 12.5. The molecule has 0 aliphatic carbocycles. The van der Waals surface area contributed by atoms with E-state index in [1.54, 1.807) is 18.0 Å². The first-order valence-electron chi connectivity index (χ1n) is 10.2. The summed E-state index contributed by atoms with van der Waals surface area (Å²) in [5.41, 5.74) is 1.86. The van der Waals surface area contributed by atoms with E-state index in [0.29, 0.717) is 12.4 Å². The molecule has 0 aliphatic rings. The number of anilines is 1. The third kappa shape index (κ3) is 6.12. The molecule has 156 valence electrons. The largest absolute Gasteiger partial charge is 0.369 e. The van der Waals surface area contributed by atoms with Gasteiger partial charge in [0.15, 0.2) is 5.82 Å². The number of rotatable bonds is 9. The standard InChI is InChI=1S/C24H29N5O/c1-28(2)17-9-16-25-24-20-12-7-8-13-21(20)26-22(27-24)18-29(3)23(30)15-14-19-10-5-4-6-11-19/h4-8,10-15H,9,16-18H2,1-3H3,(H,25,26,27)/b15-14+. The van der Waals surface area contributed by atoms with Crippen LogP contribution in [0.5, 0.6) is 0 Å². The van der Waals surface area contributed by atoms with E-state index < -0.39 is 0 Å². The van der Waals surface area contributed by atoms with Crippen LogP contribution in [0.15, 0.2) is 60.7 Å². The van der Waals surface area contributed by atoms with Gasteiger partial charge in [0.2, 0.25) is 5.91 Å². The fourth-order valence-electron chi connectivity index (χ4n) is 3.08. The van der Waals surface area contributed by atoms with Crippen molar-refractivity contribution in [3.63, 3.8) is 0 Å². The molecule has 1 heterocycles. The molecule has 0 saturated carbocycles. The minimum atomic E-state index is -0.0869. The highest BCUT2D eigenvalue weighted by Gasteiger charge is 2.12. The van der Waals surface area contributed by atoms with E-state index in [0.717, 1.165) is 41.8 Å². The number of nitrogens with zero attached hydrogens (tertiary/aromatic N) is 4. The van der Waals surface area contributed by atoms with Crippen LogP contribution in [0.4, 0.5) is 5.82 Å². The van der Waals surface area contributed by atoms with Gasteiger partial charge in [0, 0.05) is 25.1 Å². The number of likely N-dealkylation sites (N-methyl/N-ethyl adjacent to an activating group) is 1. The number of para-hydroxylation sites is 1. The van der Waals surface area contributed by atoms with Crippen LogP contribution in [-0.2, 0) is 11.3 Å². The lowest BCUT2D eigenvalue weighted by Crippen LogP contribution is -2.25. The van der Waals surface area contributed by atoms with Crippen LogP contribution in [0, 0.1) is 0 Å². The number of aromatic nitrogens is 2. The molecule has 0 spiro atoms. The normalized spacial score (nSPS) is 11.3. The third-order valence-electron chi connectivity index (χ3n) is 4.70. The van der Waals surface area contributed by atoms with Crippen LogP contribution in [0.3, 0.4) is 0 Å². The Morgan fingerprint density at radius 3 is 2.50 bits per heavy atom. The predicted molar refractivity (Wildman–Crippen MR) is 123 cm³/mol. The maximum Gasteiger partial charge on any atom is 0.246 e. The van der Waals surface area contributed by atoms with Crippen molar-refractivity contribution >= 4 is 28.7 Å². The van der Waals surface area contributed by atoms with Crippen LogP contribution < -0.4 is 5.32 Å². The Hall–Kier alpha value is -3.25. The highest BCUT2D eigenvalue weighted by atomic mass is 16.2. The molecule has 0 fully saturated rings. The third-order valence-corrected chi connectivity index (χ3v) is 4.70. The van der Waals surface area contributed by atoms with E-state index in [1.165, 1.54) is 0 Å². The Morgan fingerprint density at radius 2 is 1.73 bits per heavy atom. The van der Waals surface area contributed by atoms with E-state index in [-0.39, 0.29) is 5.91 Å². The highest BCUT2D eigenvalue weighted by Crippen LogP contribution is 2.20. The molecule has 6 nitrogen and oxygen atoms in total. The maximum absolute atomic E-state index is 12.5. The van der Waals surface area contributed by atoms with Gasteiger partial charge < -0.3 is 15.1 Å². The molecular weight excluding hydrogens is 374 g/mol. The molecule has 1 amide bonds. The molecule has 1 aromatic heterocycles. The van der Waals surface area contributed by atoms with Crippen molar-refractivity contribution < 1.29 is 4.79 Å². The van der Waals surface area contributed by atoms with Gasteiger partial charge in [-0.1, -0.05) is 42.5 Å². The number of benzene rings is 2. The van der Waals surface area contributed by atoms with Gasteiger partial charge in [0.05, 0.1) is 12.1 Å². The van der Waals surface area contributed by atoms with Gasteiger partial charge in [-0.05, 0) is 50.8 Å². The summed E-state index contributed by atoms with van der Waals surface area (Å²) in [4.78, 5) is 25.7. The van der Waals surface area contributed by atoms with Crippen molar-refractivity contribution in [2.24, 2.45) is 0 Å². The molecule has 2 aromatic carbocycles. The van der Waals surface area contributed by atoms with Crippen molar-refractivity contribution in [3.8, 4) is 0 Å². The summed E-state index contributed by atoms with van der Waals surface area (Å²) in [6.45, 7) is 2.18. The zero-order valence-corrected chi connectivity index (χ0v) is 17.9. The van der Waals surface area contributed by atoms with Gasteiger partial charge in [0.1, 0.15) is 5.82 Å². The van der Waals surface area contributed by atoms with E-state index in [9.17, 15) is 4.79 Å². The number of hydrogen-bond acceptors (Lipinski definition) is 5. The molecule has 0 aliphatic heterocycles. The highest BCUT2D eigenvalue weighted by molar-refractivity contribution is 5.92. The number of nitrogens with one attached hydrogen (secondary N) is 1. The van der Waals surface area contributed by atoms with E-state index in [2.05, 4.69) is 29.3 Å². The van der Waals surface area contributed by atoms with Crippen molar-refractivity contribution in [2.45, 2.75) is 13.0 Å². The average Bonchev–Trinajstić information content (AvgIpc) is 2.75. The average molecular weight is 404 g/mol. The molecular formula is C24H29N5O. The lowest BCUT2D eigenvalue weighted by atomic mass is 10.2. The Balaban J connectivity index is 1.71. The summed E-state index contributed by atoms with van der Waals surface area (Å²) in [6.07, 6.45) is 4.41. The molecule has 0 radical (unpaired) electrons. The minimum absolute atomic E-state index is 0.0869. The Bertz CT molecular complexity index is 1000. The van der Waals surface area contributed by atoms with Gasteiger partial charge in [-0.2, -0.15) is 0 Å². The topological polar surface area (TPSA) is 61.4 Å². The summed E-state index contributed by atoms with van der Waals surface area (Å²) in [7, 11) is 5.90. The Kier molecular flexibility index (Phi) is 7.51. The molecule has 0 bridgehead atoms. The number of hydrogen-bond donors (Lipinski definition) is 1. The molecule has 0 unspecified atom stereocenters. The summed E-state index contributed by atoms with van der Waals surface area (Å²) < 4.78 is 0. The zero-order valence-electron chi connectivity index (χ0n) is 17.9. The van der Waals surface area contributed by atoms with E-state index in [4.69, 9.17) is 4.98 Å². The quantitative estimate of drug-likeness (QED) is 0.436. The van der Waals surface area contributed by atoms with Crippen molar-refractivity contribution in [1.82, 2.24) is 19.8 Å². The molecule has 3 aromatic rings. The zero-order chi connectivity index (χ0) is 21.3. The second kappa shape index (κ2) is 10.5. The summed E-state index contributed by atoms with van der Waals surface area (Å²) in [5.74, 6) is 1.35. The van der Waals surface area contributed by atoms with Crippen LogP contribution in [-0.4, -0.2) is 59.9 Å². The summed E-state index contributed by atoms with van der Waals surface area (Å²) in [5, 5.41) is 4.43. The Morgan fingerprint density at radius 1 is 1.00 bits per heavy atom. The van der Waals surface area contributed by atoms with Crippen LogP contribution >= 0.6 is 0 Å². The first kappa shape index (κ1) is 21.5. The van der Waals surface area contributed by atoms with Gasteiger partial charge >= 0.3 is 0 Å². The molecule has 1 N–H and O–H groups in total. The van der Waals surface area contributed by atoms with Crippen molar-refractivity contribution in [2.75, 3.05) is 39.5 Å². The number of carbonyl (C=O) groups is 1. The molecule has 0 atom stereocenters. The van der Waals surface area contributed by atoms with Crippen molar-refractivity contribution in [1.29, 1.82) is 0 Å². The molecule has 6 heteroatoms. The van der Waals surface area contributed by atoms with Crippen molar-refractivity contribution in [3.05, 3.63) is 72.1 Å². The second-order valence-corrected chi connectivity index (χ2v) is 7.53. The molecule has 0 saturated heterocycles. The van der Waals surface area contributed by atoms with Crippen LogP contribution in [0.25, 0.3) is 17.0 Å². The summed E-state index contributed by atoms with van der Waals surface area (Å²) >= 11 is 0. The minimum Gasteiger partial charge on any atom is -0.369 e. The predicted octanol–water partition coefficient (Wildman–Crippen LogP) is 3.67. The lowest BCUT2D eigenvalue weighted by Gasteiger charge is -2.16. The second-order valence-electron chi connectivity index (χ2n) is 7.53. The van der Waals surface area contributed by atoms with Gasteiger partial charge in [-0.3, -0.25) is 4.79 Å². The van der Waals surface area contributed by atoms with Crippen LogP contribution in [0.2, 0.25) is 0 Å². The van der Waals surface area contributed by atoms with Gasteiger partial charge in [-0.25, -0.2) is 9.97 Å². The van der Waals surface area contributed by atoms with Crippen LogP contribution in [0.1, 0.15) is 17.8 Å². The smallest absolute Gasteiger partial charge is 0.246 e. The first-order valence-corrected chi connectivity index (χ1v) is 10.2. The van der Waals surface area contributed by atoms with E-state index >= 15 is 0 Å².